The maximum absolute atomic E-state index is 12.4. The van der Waals surface area contributed by atoms with E-state index in [0.717, 1.165) is 6.42 Å². The van der Waals surface area contributed by atoms with Crippen LogP contribution in [0.5, 0.6) is 0 Å². The summed E-state index contributed by atoms with van der Waals surface area (Å²) in [4.78, 5) is 35.2. The van der Waals surface area contributed by atoms with Gasteiger partial charge in [-0.2, -0.15) is 10.2 Å². The SMILES string of the molecule is CCCNC(=O)c1c(NC(=O)c2nn(C)c(C)c2[N+](=O)[O-])cnn1C. The van der Waals surface area contributed by atoms with Crippen molar-refractivity contribution < 1.29 is 14.5 Å². The molecule has 0 bridgehead atoms. The Morgan fingerprint density at radius 3 is 2.56 bits per heavy atom. The third-order valence-electron chi connectivity index (χ3n) is 3.64. The molecular weight excluding hydrogens is 330 g/mol. The molecule has 0 aliphatic carbocycles. The van der Waals surface area contributed by atoms with Crippen molar-refractivity contribution in [3.05, 3.63) is 33.4 Å². The summed E-state index contributed by atoms with van der Waals surface area (Å²) in [6.45, 7) is 3.88. The van der Waals surface area contributed by atoms with Gasteiger partial charge in [0.15, 0.2) is 0 Å². The van der Waals surface area contributed by atoms with Gasteiger partial charge < -0.3 is 10.6 Å². The second-order valence-corrected chi connectivity index (χ2v) is 5.40. The first-order valence-electron chi connectivity index (χ1n) is 7.57. The number of hydrogen-bond acceptors (Lipinski definition) is 6. The van der Waals surface area contributed by atoms with Crippen molar-refractivity contribution in [3.63, 3.8) is 0 Å². The molecule has 0 radical (unpaired) electrons. The van der Waals surface area contributed by atoms with Gasteiger partial charge in [-0.1, -0.05) is 6.92 Å². The lowest BCUT2D eigenvalue weighted by atomic mass is 10.2. The summed E-state index contributed by atoms with van der Waals surface area (Å²) < 4.78 is 2.57. The number of nitro groups is 1. The number of nitrogens with zero attached hydrogens (tertiary/aromatic N) is 5. The van der Waals surface area contributed by atoms with Crippen LogP contribution < -0.4 is 10.6 Å². The molecule has 0 fully saturated rings. The van der Waals surface area contributed by atoms with Crippen LogP contribution in [0.15, 0.2) is 6.20 Å². The average Bonchev–Trinajstić information content (AvgIpc) is 3.05. The van der Waals surface area contributed by atoms with E-state index in [4.69, 9.17) is 0 Å². The summed E-state index contributed by atoms with van der Waals surface area (Å²) in [5.74, 6) is -1.18. The molecule has 2 heterocycles. The number of anilines is 1. The smallest absolute Gasteiger partial charge is 0.322 e. The highest BCUT2D eigenvalue weighted by Crippen LogP contribution is 2.24. The van der Waals surface area contributed by atoms with Crippen LogP contribution in [0.4, 0.5) is 11.4 Å². The molecule has 0 atom stereocenters. The topological polar surface area (TPSA) is 137 Å². The fourth-order valence-electron chi connectivity index (χ4n) is 2.27. The highest BCUT2D eigenvalue weighted by molar-refractivity contribution is 6.09. The summed E-state index contributed by atoms with van der Waals surface area (Å²) >= 11 is 0. The predicted octanol–water partition coefficient (Wildman–Crippen LogP) is 0.762. The maximum atomic E-state index is 12.4. The highest BCUT2D eigenvalue weighted by Gasteiger charge is 2.30. The molecule has 11 nitrogen and oxygen atoms in total. The number of hydrogen-bond donors (Lipinski definition) is 2. The Kier molecular flexibility index (Phi) is 5.15. The van der Waals surface area contributed by atoms with Gasteiger partial charge >= 0.3 is 5.69 Å². The fraction of sp³-hybridized carbons (Fsp3) is 0.429. The van der Waals surface area contributed by atoms with Crippen molar-refractivity contribution >= 4 is 23.2 Å². The lowest BCUT2D eigenvalue weighted by Crippen LogP contribution is -2.27. The number of nitrogens with one attached hydrogen (secondary N) is 2. The van der Waals surface area contributed by atoms with E-state index in [1.54, 1.807) is 7.05 Å². The van der Waals surface area contributed by atoms with Gasteiger partial charge in [0.1, 0.15) is 11.4 Å². The van der Waals surface area contributed by atoms with Gasteiger partial charge in [-0.05, 0) is 13.3 Å². The van der Waals surface area contributed by atoms with E-state index < -0.39 is 16.7 Å². The monoisotopic (exact) mass is 349 g/mol. The first kappa shape index (κ1) is 18.1. The Hall–Kier alpha value is -3.24. The predicted molar refractivity (Wildman–Crippen MR) is 88.4 cm³/mol. The minimum Gasteiger partial charge on any atom is -0.351 e. The van der Waals surface area contributed by atoms with E-state index in [2.05, 4.69) is 20.8 Å². The van der Waals surface area contributed by atoms with E-state index in [9.17, 15) is 19.7 Å². The molecule has 25 heavy (non-hydrogen) atoms. The van der Waals surface area contributed by atoms with Gasteiger partial charge in [0, 0.05) is 20.6 Å². The van der Waals surface area contributed by atoms with Crippen LogP contribution in [-0.2, 0) is 14.1 Å². The van der Waals surface area contributed by atoms with Crippen molar-refractivity contribution in [1.82, 2.24) is 24.9 Å². The second-order valence-electron chi connectivity index (χ2n) is 5.40. The average molecular weight is 349 g/mol. The first-order chi connectivity index (χ1) is 11.8. The zero-order valence-corrected chi connectivity index (χ0v) is 14.4. The minimum absolute atomic E-state index is 0.150. The molecule has 0 aliphatic heterocycles. The largest absolute Gasteiger partial charge is 0.351 e. The quantitative estimate of drug-likeness (QED) is 0.583. The van der Waals surface area contributed by atoms with E-state index >= 15 is 0 Å². The summed E-state index contributed by atoms with van der Waals surface area (Å²) in [6, 6.07) is 0. The zero-order valence-electron chi connectivity index (χ0n) is 14.4. The molecule has 2 aromatic rings. The van der Waals surface area contributed by atoms with Crippen molar-refractivity contribution in [2.45, 2.75) is 20.3 Å². The number of aryl methyl sites for hydroxylation is 2. The molecular formula is C14H19N7O4. The lowest BCUT2D eigenvalue weighted by molar-refractivity contribution is -0.385. The van der Waals surface area contributed by atoms with Crippen molar-refractivity contribution in [1.29, 1.82) is 0 Å². The molecule has 0 aromatic carbocycles. The molecule has 134 valence electrons. The first-order valence-corrected chi connectivity index (χ1v) is 7.57. The third-order valence-corrected chi connectivity index (χ3v) is 3.64. The molecule has 0 saturated heterocycles. The molecule has 2 aromatic heterocycles. The number of aromatic nitrogens is 4. The second kappa shape index (κ2) is 7.11. The number of amides is 2. The van der Waals surface area contributed by atoms with E-state index in [1.807, 2.05) is 6.92 Å². The third kappa shape index (κ3) is 3.49. The van der Waals surface area contributed by atoms with Gasteiger partial charge in [0.25, 0.3) is 11.8 Å². The van der Waals surface area contributed by atoms with E-state index in [1.165, 1.54) is 29.5 Å². The maximum Gasteiger partial charge on any atom is 0.322 e. The van der Waals surface area contributed by atoms with Crippen molar-refractivity contribution in [2.75, 3.05) is 11.9 Å². The minimum atomic E-state index is -0.784. The molecule has 2 N–H and O–H groups in total. The van der Waals surface area contributed by atoms with Crippen LogP contribution in [0.1, 0.15) is 40.0 Å². The van der Waals surface area contributed by atoms with Crippen LogP contribution in [0.2, 0.25) is 0 Å². The number of carbonyl (C=O) groups is 2. The van der Waals surface area contributed by atoms with Gasteiger partial charge in [-0.3, -0.25) is 29.1 Å². The summed E-state index contributed by atoms with van der Waals surface area (Å²) in [7, 11) is 3.07. The standard InChI is InChI=1S/C14H19N7O4/c1-5-6-15-14(23)12-9(7-16-20(12)4)17-13(22)10-11(21(24)25)8(2)19(3)18-10/h7H,5-6H2,1-4H3,(H,15,23)(H,17,22). The molecule has 2 amide bonds. The summed E-state index contributed by atoms with van der Waals surface area (Å²) in [6.07, 6.45) is 2.06. The summed E-state index contributed by atoms with van der Waals surface area (Å²) in [5, 5.41) is 24.2. The van der Waals surface area contributed by atoms with Gasteiger partial charge in [0.05, 0.1) is 16.8 Å². The Morgan fingerprint density at radius 1 is 1.28 bits per heavy atom. The van der Waals surface area contributed by atoms with Crippen molar-refractivity contribution in [2.24, 2.45) is 14.1 Å². The van der Waals surface area contributed by atoms with Gasteiger partial charge in [-0.25, -0.2) is 0 Å². The highest BCUT2D eigenvalue weighted by atomic mass is 16.6. The Morgan fingerprint density at radius 2 is 1.96 bits per heavy atom. The Bertz CT molecular complexity index is 837. The fourth-order valence-corrected chi connectivity index (χ4v) is 2.27. The Labute approximate surface area is 143 Å². The van der Waals surface area contributed by atoms with Crippen LogP contribution in [0, 0.1) is 17.0 Å². The zero-order chi connectivity index (χ0) is 18.7. The number of rotatable bonds is 6. The van der Waals surface area contributed by atoms with Crippen LogP contribution in [0.25, 0.3) is 0 Å². The van der Waals surface area contributed by atoms with Crippen LogP contribution >= 0.6 is 0 Å². The molecule has 0 spiro atoms. The van der Waals surface area contributed by atoms with Crippen LogP contribution in [0.3, 0.4) is 0 Å². The normalized spacial score (nSPS) is 10.6. The molecule has 11 heteroatoms. The van der Waals surface area contributed by atoms with Gasteiger partial charge in [0.2, 0.25) is 5.69 Å². The van der Waals surface area contributed by atoms with Crippen LogP contribution in [-0.4, -0.2) is 42.8 Å². The summed E-state index contributed by atoms with van der Waals surface area (Å²) in [5.41, 5.74) is -0.146. The van der Waals surface area contributed by atoms with E-state index in [0.29, 0.717) is 6.54 Å². The molecule has 0 saturated carbocycles. The lowest BCUT2D eigenvalue weighted by Gasteiger charge is -2.07. The molecule has 0 aliphatic rings. The van der Waals surface area contributed by atoms with E-state index in [-0.39, 0.29) is 28.5 Å². The van der Waals surface area contributed by atoms with Gasteiger partial charge in [-0.15, -0.1) is 0 Å². The Balaban J connectivity index is 2.33. The number of carbonyl (C=O) groups excluding carboxylic acids is 2. The molecule has 2 rings (SSSR count). The van der Waals surface area contributed by atoms with Crippen molar-refractivity contribution in [3.8, 4) is 0 Å². The molecule has 0 unspecified atom stereocenters.